The van der Waals surface area contributed by atoms with Gasteiger partial charge in [-0.15, -0.1) is 0 Å². The van der Waals surface area contributed by atoms with Crippen molar-refractivity contribution in [2.45, 2.75) is 25.2 Å². The van der Waals surface area contributed by atoms with Crippen molar-refractivity contribution >= 4 is 28.9 Å². The summed E-state index contributed by atoms with van der Waals surface area (Å²) in [5, 5.41) is 15.1. The third-order valence-corrected chi connectivity index (χ3v) is 6.71. The molecular formula is C22H17N3O6. The van der Waals surface area contributed by atoms with Gasteiger partial charge in [0.1, 0.15) is 6.10 Å². The molecule has 3 saturated heterocycles. The molecule has 2 bridgehead atoms. The van der Waals surface area contributed by atoms with E-state index in [9.17, 15) is 19.7 Å². The zero-order valence-electron chi connectivity index (χ0n) is 16.4. The van der Waals surface area contributed by atoms with Crippen molar-refractivity contribution in [3.63, 3.8) is 0 Å². The lowest BCUT2D eigenvalue weighted by molar-refractivity contribution is -0.384. The quantitative estimate of drug-likeness (QED) is 0.428. The minimum absolute atomic E-state index is 0.0191. The molecule has 0 N–H and O–H groups in total. The van der Waals surface area contributed by atoms with Crippen LogP contribution in [0.2, 0.25) is 0 Å². The van der Waals surface area contributed by atoms with E-state index >= 15 is 0 Å². The van der Waals surface area contributed by atoms with Crippen LogP contribution in [-0.4, -0.2) is 40.8 Å². The van der Waals surface area contributed by atoms with E-state index < -0.39 is 35.1 Å². The highest BCUT2D eigenvalue weighted by Gasteiger charge is 2.72. The van der Waals surface area contributed by atoms with Gasteiger partial charge >= 0.3 is 0 Å². The van der Waals surface area contributed by atoms with Crippen LogP contribution < -0.4 is 4.90 Å². The van der Waals surface area contributed by atoms with E-state index in [4.69, 9.17) is 9.57 Å². The number of nitrogens with zero attached hydrogens (tertiary/aromatic N) is 3. The molecule has 0 aliphatic carbocycles. The van der Waals surface area contributed by atoms with Crippen LogP contribution in [-0.2, 0) is 19.2 Å². The second kappa shape index (κ2) is 6.21. The average molecular weight is 419 g/mol. The molecule has 2 aromatic rings. The number of carbonyl (C=O) groups is 2. The van der Waals surface area contributed by atoms with E-state index in [-0.39, 0.29) is 23.4 Å². The van der Waals surface area contributed by atoms with E-state index in [1.807, 2.05) is 19.1 Å². The second-order valence-corrected chi connectivity index (χ2v) is 8.34. The van der Waals surface area contributed by atoms with Crippen molar-refractivity contribution in [3.8, 4) is 0 Å². The Morgan fingerprint density at radius 2 is 1.55 bits per heavy atom. The van der Waals surface area contributed by atoms with Gasteiger partial charge in [-0.25, -0.2) is 4.90 Å². The Hall–Kier alpha value is -3.59. The normalized spacial score (nSPS) is 32.7. The van der Waals surface area contributed by atoms with E-state index in [1.54, 1.807) is 24.3 Å². The number of hydrogen-bond donors (Lipinski definition) is 0. The number of oxime groups is 1. The van der Waals surface area contributed by atoms with Crippen molar-refractivity contribution in [3.05, 3.63) is 69.8 Å². The molecule has 4 aliphatic rings. The number of amides is 2. The maximum atomic E-state index is 13.3. The number of anilines is 1. The number of nitro benzene ring substituents is 1. The Morgan fingerprint density at radius 1 is 0.903 bits per heavy atom. The molecule has 6 rings (SSSR count). The molecule has 6 atom stereocenters. The van der Waals surface area contributed by atoms with Crippen molar-refractivity contribution < 1.29 is 24.1 Å². The molecule has 3 fully saturated rings. The summed E-state index contributed by atoms with van der Waals surface area (Å²) in [5.74, 6) is -2.02. The van der Waals surface area contributed by atoms with E-state index in [1.165, 1.54) is 17.0 Å². The lowest BCUT2D eigenvalue weighted by Gasteiger charge is -2.26. The molecule has 2 amide bonds. The van der Waals surface area contributed by atoms with Crippen LogP contribution in [0, 0.1) is 34.8 Å². The van der Waals surface area contributed by atoms with Crippen LogP contribution in [0.3, 0.4) is 0 Å². The van der Waals surface area contributed by atoms with Crippen LogP contribution >= 0.6 is 0 Å². The number of ether oxygens (including phenoxy) is 1. The molecule has 0 aromatic heterocycles. The monoisotopic (exact) mass is 419 g/mol. The van der Waals surface area contributed by atoms with Crippen molar-refractivity contribution in [1.29, 1.82) is 0 Å². The highest BCUT2D eigenvalue weighted by Crippen LogP contribution is 2.55. The summed E-state index contributed by atoms with van der Waals surface area (Å²) < 4.78 is 6.08. The molecule has 0 radical (unpaired) electrons. The third kappa shape index (κ3) is 2.37. The second-order valence-electron chi connectivity index (χ2n) is 8.34. The van der Waals surface area contributed by atoms with Gasteiger partial charge in [0.15, 0.2) is 6.10 Å². The molecule has 156 valence electrons. The summed E-state index contributed by atoms with van der Waals surface area (Å²) in [4.78, 5) is 43.9. The molecule has 0 unspecified atom stereocenters. The summed E-state index contributed by atoms with van der Waals surface area (Å²) >= 11 is 0. The van der Waals surface area contributed by atoms with Gasteiger partial charge in [0.05, 0.1) is 40.2 Å². The molecule has 2 aromatic carbocycles. The lowest BCUT2D eigenvalue weighted by atomic mass is 9.71. The number of carbonyl (C=O) groups excluding carboxylic acids is 2. The predicted octanol–water partition coefficient (Wildman–Crippen LogP) is 2.21. The van der Waals surface area contributed by atoms with Crippen LogP contribution in [0.4, 0.5) is 11.4 Å². The van der Waals surface area contributed by atoms with E-state index in [2.05, 4.69) is 5.16 Å². The summed E-state index contributed by atoms with van der Waals surface area (Å²) in [6.45, 7) is 1.94. The van der Waals surface area contributed by atoms with Gasteiger partial charge in [0.2, 0.25) is 11.8 Å². The maximum absolute atomic E-state index is 13.3. The smallest absolute Gasteiger partial charge is 0.269 e. The molecule has 31 heavy (non-hydrogen) atoms. The summed E-state index contributed by atoms with van der Waals surface area (Å²) in [7, 11) is 0. The molecule has 0 spiro atoms. The van der Waals surface area contributed by atoms with Crippen molar-refractivity contribution in [1.82, 2.24) is 0 Å². The molecule has 9 heteroatoms. The Kier molecular flexibility index (Phi) is 3.64. The summed E-state index contributed by atoms with van der Waals surface area (Å²) in [5.41, 5.74) is 2.86. The van der Waals surface area contributed by atoms with Gasteiger partial charge in [0, 0.05) is 17.7 Å². The average Bonchev–Trinajstić information content (AvgIpc) is 3.49. The first-order chi connectivity index (χ1) is 15.0. The number of imide groups is 1. The summed E-state index contributed by atoms with van der Waals surface area (Å²) in [6.07, 6.45) is -1.53. The zero-order chi connectivity index (χ0) is 21.4. The Bertz CT molecular complexity index is 1160. The van der Waals surface area contributed by atoms with E-state index in [0.717, 1.165) is 5.56 Å². The van der Waals surface area contributed by atoms with Crippen LogP contribution in [0.1, 0.15) is 11.1 Å². The van der Waals surface area contributed by atoms with E-state index in [0.29, 0.717) is 17.0 Å². The zero-order valence-corrected chi connectivity index (χ0v) is 16.4. The minimum atomic E-state index is -0.593. The Balaban J connectivity index is 1.32. The van der Waals surface area contributed by atoms with Crippen molar-refractivity contribution in [2.24, 2.45) is 22.9 Å². The molecule has 4 aliphatic heterocycles. The minimum Gasteiger partial charge on any atom is -0.389 e. The number of aryl methyl sites for hydroxylation is 1. The van der Waals surface area contributed by atoms with Gasteiger partial charge in [-0.2, -0.15) is 0 Å². The Morgan fingerprint density at radius 3 is 2.19 bits per heavy atom. The van der Waals surface area contributed by atoms with Gasteiger partial charge in [0.25, 0.3) is 5.69 Å². The van der Waals surface area contributed by atoms with Gasteiger partial charge in [-0.05, 0) is 31.2 Å². The van der Waals surface area contributed by atoms with Crippen molar-refractivity contribution in [2.75, 3.05) is 4.90 Å². The van der Waals surface area contributed by atoms with Crippen LogP contribution in [0.25, 0.3) is 0 Å². The van der Waals surface area contributed by atoms with Crippen LogP contribution in [0.5, 0.6) is 0 Å². The standard InChI is InChI=1S/C22H17N3O6/c1-10-2-6-12(7-3-10)24-21(26)14-15(22(24)27)19-20-16(18(14)30-19)17(23-31-20)11-4-8-13(9-5-11)25(28)29/h2-9,14-16,18-20H,1H3/t14-,15-,16+,18+,19+,20-/m0/s1. The SMILES string of the molecule is Cc1ccc(N2C(=O)[C@@H]3[C@H]4O[C@@H]([C@H]5C(c6ccc([N+](=O)[O-])cc6)=NO[C@H]45)[C@H]3C2=O)cc1. The first kappa shape index (κ1) is 18.2. The topological polar surface area (TPSA) is 111 Å². The fourth-order valence-electron chi connectivity index (χ4n) is 5.30. The summed E-state index contributed by atoms with van der Waals surface area (Å²) in [6, 6.07) is 13.3. The number of benzene rings is 2. The number of non-ortho nitro benzene ring substituents is 1. The van der Waals surface area contributed by atoms with Gasteiger partial charge < -0.3 is 9.57 Å². The highest BCUT2D eigenvalue weighted by molar-refractivity contribution is 6.23. The first-order valence-electron chi connectivity index (χ1n) is 10.0. The largest absolute Gasteiger partial charge is 0.389 e. The highest BCUT2D eigenvalue weighted by atomic mass is 16.7. The lowest BCUT2D eigenvalue weighted by Crippen LogP contribution is -2.45. The maximum Gasteiger partial charge on any atom is 0.269 e. The van der Waals surface area contributed by atoms with Gasteiger partial charge in [-0.1, -0.05) is 22.9 Å². The fourth-order valence-corrected chi connectivity index (χ4v) is 5.30. The number of nitro groups is 1. The molecule has 0 saturated carbocycles. The molecular weight excluding hydrogens is 402 g/mol. The molecule has 4 heterocycles. The van der Waals surface area contributed by atoms with Gasteiger partial charge in [-0.3, -0.25) is 19.7 Å². The first-order valence-corrected chi connectivity index (χ1v) is 10.0. The Labute approximate surface area is 176 Å². The molecule has 9 nitrogen and oxygen atoms in total. The number of rotatable bonds is 3. The fraction of sp³-hybridized carbons (Fsp3) is 0.318. The number of hydrogen-bond acceptors (Lipinski definition) is 7. The number of fused-ring (bicyclic) bond motifs is 8. The van der Waals surface area contributed by atoms with Crippen LogP contribution in [0.15, 0.2) is 53.7 Å². The predicted molar refractivity (Wildman–Crippen MR) is 107 cm³/mol. The third-order valence-electron chi connectivity index (χ3n) is 6.71.